The number of rotatable bonds is 24. The first-order valence-corrected chi connectivity index (χ1v) is 27.0. The summed E-state index contributed by atoms with van der Waals surface area (Å²) in [6.07, 6.45) is 1.09. The molecule has 0 saturated carbocycles. The molecule has 0 saturated heterocycles. The van der Waals surface area contributed by atoms with Crippen molar-refractivity contribution >= 4 is 23.6 Å². The zero-order valence-electron chi connectivity index (χ0n) is 48.0. The van der Waals surface area contributed by atoms with Crippen LogP contribution in [0.25, 0.3) is 0 Å². The van der Waals surface area contributed by atoms with Crippen LogP contribution in [0.5, 0.6) is 0 Å². The normalized spacial score (nSPS) is 11.4. The number of carbonyl (C=O) groups excluding carboxylic acids is 4. The molecule has 0 atom stereocenters. The number of hydrogen-bond donors (Lipinski definition) is 5. The van der Waals surface area contributed by atoms with Crippen molar-refractivity contribution in [3.8, 4) is 0 Å². The van der Waals surface area contributed by atoms with Crippen LogP contribution in [0.4, 0.5) is 0 Å². The first-order valence-electron chi connectivity index (χ1n) is 27.0. The maximum Gasteiger partial charge on any atom is 1.00 e. The van der Waals surface area contributed by atoms with Crippen LogP contribution < -0.4 is 62.4 Å². The van der Waals surface area contributed by atoms with E-state index in [2.05, 4.69) is 74.0 Å². The van der Waals surface area contributed by atoms with Crippen LogP contribution in [0.1, 0.15) is 106 Å². The number of imide groups is 2. The number of aliphatic hydroxyl groups excluding tert-OH is 1. The summed E-state index contributed by atoms with van der Waals surface area (Å²) in [5.74, 6) is -1.07. The van der Waals surface area contributed by atoms with Crippen molar-refractivity contribution in [3.63, 3.8) is 0 Å². The molecule has 8 rings (SSSR count). The number of benzene rings is 6. The molecule has 80 heavy (non-hydrogen) atoms. The number of ether oxygens (including phenoxy) is 4. The molecule has 0 bridgehead atoms. The zero-order valence-corrected chi connectivity index (χ0v) is 51.1. The van der Waals surface area contributed by atoms with Gasteiger partial charge in [0.2, 0.25) is 0 Å². The molecular formula is C63H87KN7O9+. The Morgan fingerprint density at radius 2 is 0.775 bits per heavy atom. The number of amides is 4. The second-order valence-corrected chi connectivity index (χ2v) is 17.4. The Morgan fingerprint density at radius 3 is 1.10 bits per heavy atom. The average molecular weight is 1130 g/mol. The second-order valence-electron chi connectivity index (χ2n) is 17.4. The van der Waals surface area contributed by atoms with Gasteiger partial charge in [0, 0.05) is 27.7 Å². The minimum absolute atomic E-state index is 0. The van der Waals surface area contributed by atoms with Gasteiger partial charge in [-0.3, -0.25) is 29.4 Å². The van der Waals surface area contributed by atoms with E-state index in [9.17, 15) is 19.2 Å². The third-order valence-corrected chi connectivity index (χ3v) is 11.8. The molecule has 428 valence electrons. The molecule has 0 unspecified atom stereocenters. The molecule has 0 spiro atoms. The van der Waals surface area contributed by atoms with E-state index in [4.69, 9.17) is 40.8 Å². The summed E-state index contributed by atoms with van der Waals surface area (Å²) < 4.78 is 21.8. The summed E-state index contributed by atoms with van der Waals surface area (Å²) in [5.41, 5.74) is 21.9. The predicted octanol–water partition coefficient (Wildman–Crippen LogP) is 7.56. The van der Waals surface area contributed by atoms with Gasteiger partial charge in [0.15, 0.2) is 0 Å². The SMILES string of the molecule is CCCOCc1ccccc1.CCN(CC)CCO.CCN(CC)CCOCc1ccccc1.N=N.NCCOCc1ccccc1.O=C1NC(=O)c2ccccc21.O=C1c2ccccc2C(=O)N1CCOCc1ccccc1.[HH].[K+]. The van der Waals surface area contributed by atoms with Crippen molar-refractivity contribution in [1.29, 1.82) is 11.1 Å². The Morgan fingerprint density at radius 1 is 0.463 bits per heavy atom. The predicted molar refractivity (Wildman–Crippen MR) is 314 cm³/mol. The number of hydrogen-bond acceptors (Lipinski definition) is 14. The minimum Gasteiger partial charge on any atom is -0.395 e. The third kappa shape index (κ3) is 29.8. The Hall–Kier alpha value is -5.48. The maximum atomic E-state index is 12.1. The molecule has 6 aromatic carbocycles. The second kappa shape index (κ2) is 47.2. The van der Waals surface area contributed by atoms with Crippen LogP contribution in [-0.2, 0) is 45.4 Å². The van der Waals surface area contributed by atoms with Gasteiger partial charge in [-0.15, -0.1) is 0 Å². The Balaban J connectivity index is 0.000000964. The minimum atomic E-state index is -0.300. The topological polar surface area (TPSA) is 221 Å². The monoisotopic (exact) mass is 1120 g/mol. The van der Waals surface area contributed by atoms with Crippen LogP contribution >= 0.6 is 0 Å². The Bertz CT molecular complexity index is 2420. The van der Waals surface area contributed by atoms with E-state index in [1.165, 1.54) is 21.6 Å². The zero-order chi connectivity index (χ0) is 57.7. The molecule has 2 heterocycles. The largest absolute Gasteiger partial charge is 1.00 e. The smallest absolute Gasteiger partial charge is 0.395 e. The van der Waals surface area contributed by atoms with Crippen LogP contribution in [0.3, 0.4) is 0 Å². The van der Waals surface area contributed by atoms with Crippen molar-refractivity contribution in [1.82, 2.24) is 20.0 Å². The van der Waals surface area contributed by atoms with E-state index in [-0.39, 0.29) is 89.6 Å². The van der Waals surface area contributed by atoms with Gasteiger partial charge in [-0.05, 0) is 79.1 Å². The Labute approximate surface area is 519 Å². The van der Waals surface area contributed by atoms with Gasteiger partial charge in [-0.2, -0.15) is 0 Å². The van der Waals surface area contributed by atoms with Crippen LogP contribution in [0, 0.1) is 11.1 Å². The molecule has 0 fully saturated rings. The summed E-state index contributed by atoms with van der Waals surface area (Å²) in [4.78, 5) is 51.9. The van der Waals surface area contributed by atoms with E-state index >= 15 is 0 Å². The fourth-order valence-corrected chi connectivity index (χ4v) is 7.41. The number of likely N-dealkylation sites (N-methyl/N-ethyl adjacent to an activating group) is 2. The fraction of sp³-hybridized carbons (Fsp3) is 0.365. The molecule has 0 aromatic heterocycles. The van der Waals surface area contributed by atoms with Crippen molar-refractivity contribution in [2.24, 2.45) is 5.73 Å². The first-order chi connectivity index (χ1) is 38.6. The van der Waals surface area contributed by atoms with E-state index in [1.807, 2.05) is 97.1 Å². The molecule has 0 radical (unpaired) electrons. The molecule has 0 aliphatic carbocycles. The molecule has 6 aromatic rings. The van der Waals surface area contributed by atoms with Crippen molar-refractivity contribution < 1.29 is 96.0 Å². The van der Waals surface area contributed by atoms with Crippen LogP contribution in [-0.4, -0.2) is 129 Å². The van der Waals surface area contributed by atoms with Gasteiger partial charge < -0.3 is 39.6 Å². The Kier molecular flexibility index (Phi) is 42.8. The van der Waals surface area contributed by atoms with Crippen molar-refractivity contribution in [2.45, 2.75) is 67.5 Å². The molecule has 2 aliphatic heterocycles. The summed E-state index contributed by atoms with van der Waals surface area (Å²) in [5, 5.41) is 10.7. The van der Waals surface area contributed by atoms with Gasteiger partial charge in [-0.1, -0.05) is 180 Å². The third-order valence-electron chi connectivity index (χ3n) is 11.8. The summed E-state index contributed by atoms with van der Waals surface area (Å²) in [6, 6.07) is 54.0. The summed E-state index contributed by atoms with van der Waals surface area (Å²) in [6.45, 7) is 23.2. The van der Waals surface area contributed by atoms with Gasteiger partial charge >= 0.3 is 51.4 Å². The number of carbonyl (C=O) groups is 4. The average Bonchev–Trinajstić information content (AvgIpc) is 3.97. The van der Waals surface area contributed by atoms with E-state index in [0.717, 1.165) is 77.7 Å². The fourth-order valence-electron chi connectivity index (χ4n) is 7.41. The van der Waals surface area contributed by atoms with Gasteiger partial charge in [-0.25, -0.2) is 11.1 Å². The number of fused-ring (bicyclic) bond motifs is 2. The molecule has 4 amide bonds. The number of nitrogens with two attached hydrogens (primary N) is 1. The number of nitrogens with zero attached hydrogens (tertiary/aromatic N) is 3. The molecule has 16 nitrogen and oxygen atoms in total. The van der Waals surface area contributed by atoms with Gasteiger partial charge in [0.25, 0.3) is 23.6 Å². The van der Waals surface area contributed by atoms with E-state index < -0.39 is 0 Å². The van der Waals surface area contributed by atoms with Crippen molar-refractivity contribution in [2.75, 3.05) is 85.4 Å². The standard InChI is InChI=1S/C17H15NO3.C13H21NO.C10H14O.C9H13NO.C8H5NO2.C6H15NO.K.H2N2.H2/c19-16-14-8-4-5-9-15(14)17(20)18(16)10-11-21-12-13-6-2-1-3-7-13;1-3-14(4-2)10-11-15-12-13-8-6-5-7-9-13;1-2-8-11-9-10-6-4-3-5-7-10;10-6-7-11-8-9-4-2-1-3-5-9;10-7-5-3-1-2-4-6(5)8(11)9-7;1-3-7(4-2)5-6-8;;1-2;/h1-9H,10-12H2;5-9H,3-4,10-12H2,1-2H3;3-7H,2,8-9H2,1H3;1-5H,6-8,10H2;1-4H,(H,9,10,11);8H,3-6H2,1-2H3;;1-2H;1H/q;;;;;;+1;;. The van der Waals surface area contributed by atoms with E-state index in [0.29, 0.717) is 55.2 Å². The van der Waals surface area contributed by atoms with Crippen LogP contribution in [0.2, 0.25) is 0 Å². The van der Waals surface area contributed by atoms with Crippen LogP contribution in [0.15, 0.2) is 170 Å². The van der Waals surface area contributed by atoms with Gasteiger partial charge in [0.05, 0.1) is 81.7 Å². The number of nitrogens with one attached hydrogen (secondary N) is 3. The maximum absolute atomic E-state index is 12.1. The summed E-state index contributed by atoms with van der Waals surface area (Å²) >= 11 is 0. The first kappa shape index (κ1) is 72.5. The quantitative estimate of drug-likeness (QED) is 0.0172. The molecule has 6 N–H and O–H groups in total. The molecule has 2 aliphatic rings. The summed E-state index contributed by atoms with van der Waals surface area (Å²) in [7, 11) is 0. The van der Waals surface area contributed by atoms with E-state index in [1.54, 1.807) is 48.5 Å². The van der Waals surface area contributed by atoms with Gasteiger partial charge in [0.1, 0.15) is 0 Å². The number of aliphatic hydroxyl groups is 1. The molecule has 17 heteroatoms. The van der Waals surface area contributed by atoms with Crippen molar-refractivity contribution in [3.05, 3.63) is 214 Å². The molecular weight excluding hydrogens is 1040 g/mol.